The minimum Gasteiger partial charge on any atom is -0.326 e. The molecule has 0 unspecified atom stereocenters. The number of hydrogen-bond acceptors (Lipinski definition) is 3. The number of hydrogen-bond donors (Lipinski definition) is 1. The molecule has 2 aliphatic heterocycles. The van der Waals surface area contributed by atoms with Crippen molar-refractivity contribution >= 4 is 5.91 Å². The molecule has 0 aromatic heterocycles. The second-order valence-corrected chi connectivity index (χ2v) is 4.14. The summed E-state index contributed by atoms with van der Waals surface area (Å²) in [5.74, 6) is 0.226. The van der Waals surface area contributed by atoms with Crippen LogP contribution in [-0.2, 0) is 4.79 Å². The molecule has 4 heteroatoms. The summed E-state index contributed by atoms with van der Waals surface area (Å²) in [6.07, 6.45) is 2.09. The molecule has 1 amide bonds. The lowest BCUT2D eigenvalue weighted by molar-refractivity contribution is -0.129. The van der Waals surface area contributed by atoms with Crippen LogP contribution in [0, 0.1) is 0 Å². The normalized spacial score (nSPS) is 28.8. The zero-order chi connectivity index (χ0) is 9.47. The zero-order valence-electron chi connectivity index (χ0n) is 8.34. The molecular formula is C9H17N3O. The molecule has 2 rings (SSSR count). The minimum absolute atomic E-state index is 0.0242. The Hall–Kier alpha value is -0.610. The summed E-state index contributed by atoms with van der Waals surface area (Å²) in [5.41, 5.74) is -0.0242. The van der Waals surface area contributed by atoms with Crippen LogP contribution in [0.25, 0.3) is 0 Å². The number of carbonyl (C=O) groups excluding carboxylic acids is 1. The highest BCUT2D eigenvalue weighted by molar-refractivity contribution is 5.81. The highest BCUT2D eigenvalue weighted by Crippen LogP contribution is 2.27. The first-order chi connectivity index (χ1) is 6.14. The number of rotatable bonds is 0. The third-order valence-corrected chi connectivity index (χ3v) is 3.40. The Morgan fingerprint density at radius 1 is 1.31 bits per heavy atom. The molecule has 1 spiro atoms. The molecule has 2 heterocycles. The first-order valence-electron chi connectivity index (χ1n) is 4.84. The first kappa shape index (κ1) is 8.97. The average molecular weight is 183 g/mol. The van der Waals surface area contributed by atoms with Gasteiger partial charge in [-0.2, -0.15) is 0 Å². The molecule has 2 aliphatic rings. The summed E-state index contributed by atoms with van der Waals surface area (Å²) < 4.78 is 0. The van der Waals surface area contributed by atoms with Crippen LogP contribution in [-0.4, -0.2) is 55.1 Å². The Morgan fingerprint density at radius 3 is 2.38 bits per heavy atom. The minimum atomic E-state index is -0.0242. The summed E-state index contributed by atoms with van der Waals surface area (Å²) in [6.45, 7) is 2.66. The Morgan fingerprint density at radius 2 is 1.92 bits per heavy atom. The van der Waals surface area contributed by atoms with Crippen LogP contribution in [0.15, 0.2) is 0 Å². The van der Waals surface area contributed by atoms with Crippen molar-refractivity contribution in [3.8, 4) is 0 Å². The fraction of sp³-hybridized carbons (Fsp3) is 0.889. The zero-order valence-corrected chi connectivity index (χ0v) is 8.34. The fourth-order valence-electron chi connectivity index (χ4n) is 2.22. The van der Waals surface area contributed by atoms with E-state index in [9.17, 15) is 4.79 Å². The van der Waals surface area contributed by atoms with Gasteiger partial charge in [-0.05, 0) is 19.9 Å². The summed E-state index contributed by atoms with van der Waals surface area (Å²) in [4.78, 5) is 15.6. The lowest BCUT2D eigenvalue weighted by atomic mass is 9.97. The van der Waals surface area contributed by atoms with Gasteiger partial charge in [0.1, 0.15) is 0 Å². The molecule has 4 nitrogen and oxygen atoms in total. The number of likely N-dealkylation sites (tertiary alicyclic amines) is 1. The molecular weight excluding hydrogens is 166 g/mol. The van der Waals surface area contributed by atoms with Crippen molar-refractivity contribution in [3.05, 3.63) is 0 Å². The lowest BCUT2D eigenvalue weighted by Gasteiger charge is -2.42. The van der Waals surface area contributed by atoms with Gasteiger partial charge in [0.25, 0.3) is 0 Å². The number of nitrogens with one attached hydrogen (secondary N) is 1. The van der Waals surface area contributed by atoms with Gasteiger partial charge >= 0.3 is 0 Å². The van der Waals surface area contributed by atoms with E-state index in [1.807, 2.05) is 11.9 Å². The van der Waals surface area contributed by atoms with E-state index >= 15 is 0 Å². The quantitative estimate of drug-likeness (QED) is 0.548. The standard InChI is InChI=1S/C9H17N3O/c1-11-5-3-9(4-6-11)10-7-8(13)12(9)2/h10H,3-7H2,1-2H3. The van der Waals surface area contributed by atoms with Crippen LogP contribution < -0.4 is 5.32 Å². The van der Waals surface area contributed by atoms with E-state index < -0.39 is 0 Å². The molecule has 0 radical (unpaired) electrons. The van der Waals surface area contributed by atoms with E-state index in [1.165, 1.54) is 0 Å². The average Bonchev–Trinajstić information content (AvgIpc) is 2.40. The second kappa shape index (κ2) is 2.96. The second-order valence-electron chi connectivity index (χ2n) is 4.14. The van der Waals surface area contributed by atoms with Crippen molar-refractivity contribution in [2.24, 2.45) is 0 Å². The van der Waals surface area contributed by atoms with Crippen LogP contribution in [0.1, 0.15) is 12.8 Å². The number of nitrogens with zero attached hydrogens (tertiary/aromatic N) is 2. The molecule has 0 atom stereocenters. The van der Waals surface area contributed by atoms with E-state index in [4.69, 9.17) is 0 Å². The first-order valence-corrected chi connectivity index (χ1v) is 4.84. The highest BCUT2D eigenvalue weighted by atomic mass is 16.2. The van der Waals surface area contributed by atoms with Crippen LogP contribution in [0.3, 0.4) is 0 Å². The summed E-state index contributed by atoms with van der Waals surface area (Å²) in [7, 11) is 4.04. The van der Waals surface area contributed by atoms with Gasteiger partial charge in [-0.15, -0.1) is 0 Å². The molecule has 74 valence electrons. The smallest absolute Gasteiger partial charge is 0.237 e. The van der Waals surface area contributed by atoms with Crippen molar-refractivity contribution in [1.82, 2.24) is 15.1 Å². The van der Waals surface area contributed by atoms with Crippen molar-refractivity contribution < 1.29 is 4.79 Å². The summed E-state index contributed by atoms with van der Waals surface area (Å²) >= 11 is 0. The van der Waals surface area contributed by atoms with Gasteiger partial charge in [0, 0.05) is 20.1 Å². The topological polar surface area (TPSA) is 35.6 Å². The third-order valence-electron chi connectivity index (χ3n) is 3.40. The molecule has 13 heavy (non-hydrogen) atoms. The predicted octanol–water partition coefficient (Wildman–Crippen LogP) is -0.530. The Labute approximate surface area is 78.9 Å². The Bertz CT molecular complexity index is 221. The summed E-state index contributed by atoms with van der Waals surface area (Å²) in [6, 6.07) is 0. The van der Waals surface area contributed by atoms with Crippen molar-refractivity contribution in [3.63, 3.8) is 0 Å². The number of carbonyl (C=O) groups is 1. The monoisotopic (exact) mass is 183 g/mol. The maximum atomic E-state index is 11.4. The van der Waals surface area contributed by atoms with Gasteiger partial charge < -0.3 is 9.80 Å². The molecule has 0 aromatic rings. The van der Waals surface area contributed by atoms with Gasteiger partial charge in [0.2, 0.25) is 5.91 Å². The van der Waals surface area contributed by atoms with Gasteiger partial charge in [0.15, 0.2) is 0 Å². The lowest BCUT2D eigenvalue weighted by Crippen LogP contribution is -2.56. The largest absolute Gasteiger partial charge is 0.326 e. The van der Waals surface area contributed by atoms with Gasteiger partial charge in [0.05, 0.1) is 12.2 Å². The molecule has 0 aromatic carbocycles. The van der Waals surface area contributed by atoms with Crippen LogP contribution in [0.5, 0.6) is 0 Å². The maximum absolute atomic E-state index is 11.4. The summed E-state index contributed by atoms with van der Waals surface area (Å²) in [5, 5.41) is 3.34. The van der Waals surface area contributed by atoms with E-state index in [1.54, 1.807) is 0 Å². The molecule has 1 N–H and O–H groups in total. The van der Waals surface area contributed by atoms with Crippen LogP contribution in [0.4, 0.5) is 0 Å². The van der Waals surface area contributed by atoms with Gasteiger partial charge in [-0.3, -0.25) is 10.1 Å². The number of amides is 1. The number of piperidine rings is 1. The molecule has 0 saturated carbocycles. The highest BCUT2D eigenvalue weighted by Gasteiger charge is 2.43. The van der Waals surface area contributed by atoms with Crippen LogP contribution in [0.2, 0.25) is 0 Å². The van der Waals surface area contributed by atoms with E-state index in [2.05, 4.69) is 17.3 Å². The Balaban J connectivity index is 2.09. The van der Waals surface area contributed by atoms with Crippen molar-refractivity contribution in [2.75, 3.05) is 33.7 Å². The molecule has 0 bridgehead atoms. The van der Waals surface area contributed by atoms with Gasteiger partial charge in [-0.25, -0.2) is 0 Å². The van der Waals surface area contributed by atoms with E-state index in [-0.39, 0.29) is 11.6 Å². The van der Waals surface area contributed by atoms with Crippen LogP contribution >= 0.6 is 0 Å². The molecule has 2 saturated heterocycles. The maximum Gasteiger partial charge on any atom is 0.237 e. The third kappa shape index (κ3) is 1.34. The van der Waals surface area contributed by atoms with E-state index in [0.717, 1.165) is 25.9 Å². The molecule has 2 fully saturated rings. The van der Waals surface area contributed by atoms with E-state index in [0.29, 0.717) is 6.54 Å². The van der Waals surface area contributed by atoms with Crippen molar-refractivity contribution in [1.29, 1.82) is 0 Å². The Kier molecular flexibility index (Phi) is 2.04. The fourth-order valence-corrected chi connectivity index (χ4v) is 2.22. The van der Waals surface area contributed by atoms with Gasteiger partial charge in [-0.1, -0.05) is 0 Å². The van der Waals surface area contributed by atoms with Crippen molar-refractivity contribution in [2.45, 2.75) is 18.5 Å². The molecule has 0 aliphatic carbocycles. The predicted molar refractivity (Wildman–Crippen MR) is 50.2 cm³/mol. The number of likely N-dealkylation sites (N-methyl/N-ethyl adjacent to an activating group) is 1. The SMILES string of the molecule is CN1CCC2(CC1)NCC(=O)N2C.